The van der Waals surface area contributed by atoms with Crippen molar-refractivity contribution in [3.8, 4) is 23.0 Å². The number of aromatic nitrogens is 2. The molecule has 4 rings (SSSR count). The van der Waals surface area contributed by atoms with Crippen LogP contribution in [0.1, 0.15) is 29.9 Å². The van der Waals surface area contributed by atoms with Crippen molar-refractivity contribution < 1.29 is 18.9 Å². The minimum atomic E-state index is 0.0940. The molecule has 0 spiro atoms. The number of hydrogen-bond donors (Lipinski definition) is 2. The Labute approximate surface area is 214 Å². The molecule has 35 heavy (non-hydrogen) atoms. The molecule has 1 fully saturated rings. The van der Waals surface area contributed by atoms with Crippen LogP contribution in [0.3, 0.4) is 0 Å². The summed E-state index contributed by atoms with van der Waals surface area (Å²) >= 11 is 12.8. The first-order valence-corrected chi connectivity index (χ1v) is 12.0. The van der Waals surface area contributed by atoms with Gasteiger partial charge in [0.1, 0.15) is 23.9 Å². The maximum atomic E-state index is 6.41. The fraction of sp³-hybridized carbons (Fsp3) is 0.360. The molecule has 0 bridgehead atoms. The Hall–Kier alpha value is -2.94. The Kier molecular flexibility index (Phi) is 8.38. The predicted octanol–water partition coefficient (Wildman–Crippen LogP) is 5.60. The lowest BCUT2D eigenvalue weighted by molar-refractivity contribution is 0.301. The minimum Gasteiger partial charge on any atom is -0.496 e. The van der Waals surface area contributed by atoms with Crippen LogP contribution in [0.25, 0.3) is 0 Å². The summed E-state index contributed by atoms with van der Waals surface area (Å²) in [5, 5.41) is 7.33. The van der Waals surface area contributed by atoms with E-state index in [1.54, 1.807) is 25.6 Å². The lowest BCUT2D eigenvalue weighted by atomic mass is 9.89. The second kappa shape index (κ2) is 11.7. The van der Waals surface area contributed by atoms with Gasteiger partial charge < -0.3 is 29.6 Å². The van der Waals surface area contributed by atoms with E-state index in [2.05, 4.69) is 26.7 Å². The monoisotopic (exact) mass is 518 g/mol. The van der Waals surface area contributed by atoms with Crippen molar-refractivity contribution in [2.45, 2.75) is 25.4 Å². The Morgan fingerprint density at radius 1 is 0.914 bits per heavy atom. The highest BCUT2D eigenvalue weighted by Crippen LogP contribution is 2.41. The van der Waals surface area contributed by atoms with Crippen molar-refractivity contribution in [1.29, 1.82) is 0 Å². The summed E-state index contributed by atoms with van der Waals surface area (Å²) in [6.07, 6.45) is 5.36. The van der Waals surface area contributed by atoms with Gasteiger partial charge in [0.05, 0.1) is 43.8 Å². The van der Waals surface area contributed by atoms with E-state index in [0.29, 0.717) is 44.7 Å². The second-order valence-corrected chi connectivity index (χ2v) is 8.78. The molecule has 0 amide bonds. The second-order valence-electron chi connectivity index (χ2n) is 8.02. The van der Waals surface area contributed by atoms with Gasteiger partial charge in [-0.1, -0.05) is 29.3 Å². The van der Waals surface area contributed by atoms with E-state index in [4.69, 9.17) is 42.1 Å². The molecule has 2 heterocycles. The number of hydrogen-bond acceptors (Lipinski definition) is 8. The molecule has 10 heteroatoms. The molecule has 0 aliphatic carbocycles. The average molecular weight is 519 g/mol. The highest BCUT2D eigenvalue weighted by atomic mass is 35.5. The molecule has 0 radical (unpaired) electrons. The van der Waals surface area contributed by atoms with Crippen molar-refractivity contribution in [2.24, 2.45) is 0 Å². The lowest BCUT2D eigenvalue weighted by Gasteiger charge is -2.25. The molecule has 8 nitrogen and oxygen atoms in total. The first kappa shape index (κ1) is 25.2. The van der Waals surface area contributed by atoms with Gasteiger partial charge in [0.15, 0.2) is 5.75 Å². The molecule has 0 atom stereocenters. The van der Waals surface area contributed by atoms with Crippen molar-refractivity contribution in [1.82, 2.24) is 15.3 Å². The molecule has 1 aliphatic rings. The van der Waals surface area contributed by atoms with Crippen LogP contribution >= 0.6 is 23.2 Å². The van der Waals surface area contributed by atoms with Gasteiger partial charge in [-0.3, -0.25) is 0 Å². The quantitative estimate of drug-likeness (QED) is 0.378. The third-order valence-corrected chi connectivity index (χ3v) is 6.77. The summed E-state index contributed by atoms with van der Waals surface area (Å²) in [6, 6.07) is 7.75. The Bertz CT molecular complexity index is 1130. The van der Waals surface area contributed by atoms with Crippen molar-refractivity contribution in [2.75, 3.05) is 39.7 Å². The number of ether oxygens (including phenoxy) is 4. The van der Waals surface area contributed by atoms with E-state index in [9.17, 15) is 0 Å². The summed E-state index contributed by atoms with van der Waals surface area (Å²) in [4.78, 5) is 8.71. The Morgan fingerprint density at radius 3 is 2.14 bits per heavy atom. The fourth-order valence-corrected chi connectivity index (χ4v) is 4.67. The first-order valence-electron chi connectivity index (χ1n) is 11.2. The molecule has 186 valence electrons. The van der Waals surface area contributed by atoms with Gasteiger partial charge in [-0.2, -0.15) is 0 Å². The lowest BCUT2D eigenvalue weighted by Crippen LogP contribution is -2.26. The third kappa shape index (κ3) is 5.83. The molecule has 2 N–H and O–H groups in total. The zero-order chi connectivity index (χ0) is 24.8. The average Bonchev–Trinajstić information content (AvgIpc) is 2.90. The van der Waals surface area contributed by atoms with Crippen molar-refractivity contribution in [3.05, 3.63) is 57.8 Å². The zero-order valence-corrected chi connectivity index (χ0v) is 21.4. The standard InChI is InChI=1S/C25H28Cl2N4O4/c1-32-20-10-16(4-5-18(20)15-6-8-28-9-7-15)31-25-29-12-17(13-30-25)35-14-19-23(26)21(33-2)11-22(34-3)24(19)27/h4-5,10-13,15,28H,6-9,14H2,1-3H3,(H,29,30,31). The maximum Gasteiger partial charge on any atom is 0.227 e. The third-order valence-electron chi connectivity index (χ3n) is 5.94. The van der Waals surface area contributed by atoms with E-state index < -0.39 is 0 Å². The number of benzene rings is 2. The summed E-state index contributed by atoms with van der Waals surface area (Å²) in [6.45, 7) is 2.15. The van der Waals surface area contributed by atoms with Crippen molar-refractivity contribution >= 4 is 34.8 Å². The van der Waals surface area contributed by atoms with Crippen LogP contribution in [0.15, 0.2) is 36.7 Å². The molecule has 3 aromatic rings. The van der Waals surface area contributed by atoms with Crippen LogP contribution in [-0.2, 0) is 6.61 Å². The zero-order valence-electron chi connectivity index (χ0n) is 19.9. The molecule has 1 aromatic heterocycles. The number of nitrogens with one attached hydrogen (secondary N) is 2. The number of anilines is 2. The minimum absolute atomic E-state index is 0.0940. The summed E-state index contributed by atoms with van der Waals surface area (Å²) in [7, 11) is 4.74. The van der Waals surface area contributed by atoms with Crippen LogP contribution in [0.2, 0.25) is 10.0 Å². The molecule has 2 aromatic carbocycles. The highest BCUT2D eigenvalue weighted by Gasteiger charge is 2.20. The number of piperidine rings is 1. The van der Waals surface area contributed by atoms with E-state index in [1.807, 2.05) is 12.1 Å². The number of rotatable bonds is 9. The number of methoxy groups -OCH3 is 3. The van der Waals surface area contributed by atoms with Crippen LogP contribution in [0.5, 0.6) is 23.0 Å². The fourth-order valence-electron chi connectivity index (χ4n) is 4.06. The Balaban J connectivity index is 1.43. The number of halogens is 2. The van der Waals surface area contributed by atoms with E-state index >= 15 is 0 Å². The van der Waals surface area contributed by atoms with Crippen LogP contribution in [0, 0.1) is 0 Å². The van der Waals surface area contributed by atoms with E-state index in [-0.39, 0.29) is 6.61 Å². The maximum absolute atomic E-state index is 6.41. The molecule has 0 saturated carbocycles. The molecular formula is C25H28Cl2N4O4. The van der Waals surface area contributed by atoms with E-state index in [1.165, 1.54) is 19.8 Å². The molecule has 1 aliphatic heterocycles. The predicted molar refractivity (Wildman–Crippen MR) is 137 cm³/mol. The van der Waals surface area contributed by atoms with Crippen LogP contribution < -0.4 is 29.6 Å². The summed E-state index contributed by atoms with van der Waals surface area (Å²) in [5.41, 5.74) is 2.62. The molecule has 1 saturated heterocycles. The van der Waals surface area contributed by atoms with Gasteiger partial charge in [-0.25, -0.2) is 9.97 Å². The van der Waals surface area contributed by atoms with Crippen molar-refractivity contribution in [3.63, 3.8) is 0 Å². The summed E-state index contributed by atoms with van der Waals surface area (Å²) < 4.78 is 22.1. The summed E-state index contributed by atoms with van der Waals surface area (Å²) in [5.74, 6) is 3.16. The van der Waals surface area contributed by atoms with Gasteiger partial charge >= 0.3 is 0 Å². The largest absolute Gasteiger partial charge is 0.496 e. The van der Waals surface area contributed by atoms with Crippen LogP contribution in [0.4, 0.5) is 11.6 Å². The van der Waals surface area contributed by atoms with Gasteiger partial charge in [0, 0.05) is 23.4 Å². The highest BCUT2D eigenvalue weighted by molar-refractivity contribution is 6.37. The topological polar surface area (TPSA) is 86.8 Å². The van der Waals surface area contributed by atoms with Gasteiger partial charge in [-0.05, 0) is 43.5 Å². The molecular weight excluding hydrogens is 491 g/mol. The van der Waals surface area contributed by atoms with Gasteiger partial charge in [0.2, 0.25) is 5.95 Å². The first-order chi connectivity index (χ1) is 17.0. The van der Waals surface area contributed by atoms with Crippen LogP contribution in [-0.4, -0.2) is 44.4 Å². The Morgan fingerprint density at radius 2 is 1.54 bits per heavy atom. The van der Waals surface area contributed by atoms with Gasteiger partial charge in [-0.15, -0.1) is 0 Å². The van der Waals surface area contributed by atoms with E-state index in [0.717, 1.165) is 37.4 Å². The number of nitrogens with zero attached hydrogens (tertiary/aromatic N) is 2. The normalized spacial score (nSPS) is 13.9. The SMILES string of the molecule is COc1cc(Nc2ncc(OCc3c(Cl)c(OC)cc(OC)c3Cl)cn2)ccc1C1CCNCC1. The molecule has 0 unspecified atom stereocenters. The van der Waals surface area contributed by atoms with Gasteiger partial charge in [0.25, 0.3) is 0 Å². The smallest absolute Gasteiger partial charge is 0.227 e.